The first-order chi connectivity index (χ1) is 15.2. The number of fused-ring (bicyclic) bond motifs is 2. The molecule has 0 radical (unpaired) electrons. The van der Waals surface area contributed by atoms with Crippen molar-refractivity contribution >= 4 is 23.2 Å². The lowest BCUT2D eigenvalue weighted by atomic mass is 9.90. The van der Waals surface area contributed by atoms with Gasteiger partial charge in [-0.3, -0.25) is 9.59 Å². The highest BCUT2D eigenvalue weighted by Gasteiger charge is 2.16. The van der Waals surface area contributed by atoms with Gasteiger partial charge in [0, 0.05) is 24.0 Å². The molecular formula is C25H28N4O2. The summed E-state index contributed by atoms with van der Waals surface area (Å²) in [5, 5.41) is 8.67. The molecule has 0 atom stereocenters. The molecule has 0 bridgehead atoms. The molecule has 2 aliphatic carbocycles. The number of hydrogen-bond donors (Lipinski definition) is 2. The molecule has 31 heavy (non-hydrogen) atoms. The van der Waals surface area contributed by atoms with Crippen LogP contribution in [-0.2, 0) is 22.4 Å². The maximum Gasteiger partial charge on any atom is 0.240 e. The molecule has 0 unspecified atom stereocenters. The van der Waals surface area contributed by atoms with Crippen LogP contribution in [0, 0.1) is 0 Å². The fraction of sp³-hybridized carbons (Fsp3) is 0.360. The first kappa shape index (κ1) is 21.0. The first-order valence-electron chi connectivity index (χ1n) is 11.1. The average molecular weight is 417 g/mol. The van der Waals surface area contributed by atoms with Gasteiger partial charge in [-0.1, -0.05) is 48.5 Å². The zero-order valence-corrected chi connectivity index (χ0v) is 17.7. The third kappa shape index (κ3) is 5.45. The second-order valence-electron chi connectivity index (χ2n) is 8.06. The number of hydrogen-bond acceptors (Lipinski definition) is 4. The third-order valence-electron chi connectivity index (χ3n) is 5.81. The van der Waals surface area contributed by atoms with Crippen LogP contribution in [0.15, 0.2) is 58.7 Å². The van der Waals surface area contributed by atoms with Crippen LogP contribution in [0.1, 0.15) is 67.2 Å². The summed E-state index contributed by atoms with van der Waals surface area (Å²) in [5.41, 5.74) is 12.0. The van der Waals surface area contributed by atoms with Gasteiger partial charge in [-0.15, -0.1) is 0 Å². The average Bonchev–Trinajstić information content (AvgIpc) is 2.81. The SMILES string of the molecule is O=C(CCCC(=O)NN=C1CCCc2ccccc21)NN=C1CCCc2ccccc21. The van der Waals surface area contributed by atoms with Crippen molar-refractivity contribution in [3.05, 3.63) is 70.8 Å². The van der Waals surface area contributed by atoms with Crippen molar-refractivity contribution in [1.29, 1.82) is 0 Å². The van der Waals surface area contributed by atoms with Gasteiger partial charge >= 0.3 is 0 Å². The lowest BCUT2D eigenvalue weighted by Crippen LogP contribution is -2.24. The third-order valence-corrected chi connectivity index (χ3v) is 5.81. The Hall–Kier alpha value is -3.28. The second kappa shape index (κ2) is 10.2. The van der Waals surface area contributed by atoms with Crippen molar-refractivity contribution in [2.24, 2.45) is 10.2 Å². The zero-order chi connectivity index (χ0) is 21.5. The van der Waals surface area contributed by atoms with Crippen LogP contribution in [-0.4, -0.2) is 23.2 Å². The lowest BCUT2D eigenvalue weighted by molar-refractivity contribution is -0.122. The van der Waals surface area contributed by atoms with Gasteiger partial charge < -0.3 is 0 Å². The fourth-order valence-corrected chi connectivity index (χ4v) is 4.21. The van der Waals surface area contributed by atoms with Crippen LogP contribution < -0.4 is 10.9 Å². The minimum absolute atomic E-state index is 0.170. The zero-order valence-electron chi connectivity index (χ0n) is 17.7. The number of carbonyl (C=O) groups is 2. The van der Waals surface area contributed by atoms with E-state index in [0.29, 0.717) is 6.42 Å². The number of aryl methyl sites for hydroxylation is 2. The number of hydrazone groups is 2. The van der Waals surface area contributed by atoms with Crippen LogP contribution in [0.5, 0.6) is 0 Å². The maximum atomic E-state index is 12.1. The molecule has 4 rings (SSSR count). The molecule has 0 aliphatic heterocycles. The van der Waals surface area contributed by atoms with E-state index in [1.54, 1.807) is 0 Å². The highest BCUT2D eigenvalue weighted by atomic mass is 16.2. The topological polar surface area (TPSA) is 82.9 Å². The Balaban J connectivity index is 1.22. The largest absolute Gasteiger partial charge is 0.273 e. The van der Waals surface area contributed by atoms with Crippen LogP contribution in [0.4, 0.5) is 0 Å². The highest BCUT2D eigenvalue weighted by Crippen LogP contribution is 2.22. The minimum atomic E-state index is -0.170. The molecular weight excluding hydrogens is 388 g/mol. The van der Waals surface area contributed by atoms with E-state index in [0.717, 1.165) is 61.1 Å². The number of benzene rings is 2. The highest BCUT2D eigenvalue weighted by molar-refractivity contribution is 6.03. The predicted molar refractivity (Wildman–Crippen MR) is 122 cm³/mol. The molecule has 2 aromatic rings. The van der Waals surface area contributed by atoms with Crippen molar-refractivity contribution in [2.75, 3.05) is 0 Å². The second-order valence-corrected chi connectivity index (χ2v) is 8.06. The van der Waals surface area contributed by atoms with Gasteiger partial charge in [0.25, 0.3) is 0 Å². The molecule has 6 nitrogen and oxygen atoms in total. The van der Waals surface area contributed by atoms with Crippen molar-refractivity contribution in [2.45, 2.75) is 57.8 Å². The van der Waals surface area contributed by atoms with E-state index in [1.807, 2.05) is 24.3 Å². The number of nitrogens with one attached hydrogen (secondary N) is 2. The van der Waals surface area contributed by atoms with Gasteiger partial charge in [0.1, 0.15) is 0 Å². The standard InChI is InChI=1S/C25H28N4O2/c30-24(28-26-22-14-5-10-18-8-1-3-12-20(18)22)16-7-17-25(31)29-27-23-15-6-11-19-9-2-4-13-21(19)23/h1-4,8-9,12-13H,5-7,10-11,14-17H2,(H,28,30)(H,29,31). The lowest BCUT2D eigenvalue weighted by Gasteiger charge is -2.17. The van der Waals surface area contributed by atoms with E-state index in [1.165, 1.54) is 11.1 Å². The predicted octanol–water partition coefficient (Wildman–Crippen LogP) is 3.87. The van der Waals surface area contributed by atoms with Gasteiger partial charge in [-0.25, -0.2) is 10.9 Å². The monoisotopic (exact) mass is 416 g/mol. The van der Waals surface area contributed by atoms with Crippen LogP contribution in [0.3, 0.4) is 0 Å². The van der Waals surface area contributed by atoms with E-state index in [9.17, 15) is 9.59 Å². The normalized spacial score (nSPS) is 17.7. The van der Waals surface area contributed by atoms with Crippen molar-refractivity contribution in [3.63, 3.8) is 0 Å². The van der Waals surface area contributed by atoms with Crippen molar-refractivity contribution < 1.29 is 9.59 Å². The van der Waals surface area contributed by atoms with Gasteiger partial charge in [0.2, 0.25) is 11.8 Å². The number of nitrogens with zero attached hydrogens (tertiary/aromatic N) is 2. The summed E-state index contributed by atoms with van der Waals surface area (Å²) in [6.07, 6.45) is 6.88. The molecule has 0 aromatic heterocycles. The molecule has 0 saturated carbocycles. The van der Waals surface area contributed by atoms with E-state index in [2.05, 4.69) is 45.3 Å². The van der Waals surface area contributed by atoms with E-state index >= 15 is 0 Å². The smallest absolute Gasteiger partial charge is 0.240 e. The van der Waals surface area contributed by atoms with Crippen molar-refractivity contribution in [3.8, 4) is 0 Å². The summed E-state index contributed by atoms with van der Waals surface area (Å²) in [4.78, 5) is 24.3. The van der Waals surface area contributed by atoms with Crippen LogP contribution in [0.2, 0.25) is 0 Å². The molecule has 0 spiro atoms. The number of carbonyl (C=O) groups excluding carboxylic acids is 2. The van der Waals surface area contributed by atoms with Crippen LogP contribution >= 0.6 is 0 Å². The maximum absolute atomic E-state index is 12.1. The molecule has 6 heteroatoms. The summed E-state index contributed by atoms with van der Waals surface area (Å²) in [7, 11) is 0. The van der Waals surface area contributed by atoms with Gasteiger partial charge in [0.15, 0.2) is 0 Å². The van der Waals surface area contributed by atoms with Gasteiger partial charge in [-0.05, 0) is 56.1 Å². The Bertz CT molecular complexity index is 944. The van der Waals surface area contributed by atoms with Crippen molar-refractivity contribution in [1.82, 2.24) is 10.9 Å². The van der Waals surface area contributed by atoms with E-state index < -0.39 is 0 Å². The Morgan fingerprint density at radius 3 is 1.61 bits per heavy atom. The molecule has 2 aromatic carbocycles. The van der Waals surface area contributed by atoms with E-state index in [-0.39, 0.29) is 24.7 Å². The van der Waals surface area contributed by atoms with Gasteiger partial charge in [0.05, 0.1) is 11.4 Å². The molecule has 0 heterocycles. The number of rotatable bonds is 6. The van der Waals surface area contributed by atoms with E-state index in [4.69, 9.17) is 0 Å². The summed E-state index contributed by atoms with van der Waals surface area (Å²) >= 11 is 0. The summed E-state index contributed by atoms with van der Waals surface area (Å²) in [5.74, 6) is -0.341. The Kier molecular flexibility index (Phi) is 6.87. The summed E-state index contributed by atoms with van der Waals surface area (Å²) in [6, 6.07) is 16.4. The molecule has 2 aliphatic rings. The quantitative estimate of drug-likeness (QED) is 0.701. The molecule has 160 valence electrons. The minimum Gasteiger partial charge on any atom is -0.273 e. The Labute approximate surface area is 182 Å². The Morgan fingerprint density at radius 1 is 0.677 bits per heavy atom. The first-order valence-corrected chi connectivity index (χ1v) is 11.1. The van der Waals surface area contributed by atoms with Crippen LogP contribution in [0.25, 0.3) is 0 Å². The summed E-state index contributed by atoms with van der Waals surface area (Å²) < 4.78 is 0. The molecule has 0 saturated heterocycles. The number of amides is 2. The summed E-state index contributed by atoms with van der Waals surface area (Å²) in [6.45, 7) is 0. The fourth-order valence-electron chi connectivity index (χ4n) is 4.21. The Morgan fingerprint density at radius 2 is 1.13 bits per heavy atom. The van der Waals surface area contributed by atoms with Gasteiger partial charge in [-0.2, -0.15) is 10.2 Å². The molecule has 2 N–H and O–H groups in total. The molecule has 0 fully saturated rings. The molecule has 2 amide bonds.